The smallest absolute Gasteiger partial charge is 0.270 e. The summed E-state index contributed by atoms with van der Waals surface area (Å²) in [6, 6.07) is 16.7. The van der Waals surface area contributed by atoms with Crippen LogP contribution in [0.4, 0.5) is 11.4 Å². The standard InChI is InChI=1S/C32H43N5O2/c1-6-33-15-17-35(18-16-33)30-25(3)31(37(26(30)4)23-27-12-8-7-11-24(27)2)32(38)36-21-19-34(20-22-36)28-13-9-10-14-29(28)39-5/h7-14H,6,15-23H2,1-5H3. The van der Waals surface area contributed by atoms with Gasteiger partial charge in [-0.05, 0) is 50.6 Å². The fraction of sp³-hybridized carbons (Fsp3) is 0.469. The van der Waals surface area contributed by atoms with Crippen molar-refractivity contribution < 1.29 is 9.53 Å². The SMILES string of the molecule is CCN1CCN(c2c(C)c(C(=O)N3CCN(c4ccccc4OC)CC3)n(Cc3ccccc3C)c2C)CC1. The molecule has 208 valence electrons. The lowest BCUT2D eigenvalue weighted by atomic mass is 10.1. The summed E-state index contributed by atoms with van der Waals surface area (Å²) in [6.07, 6.45) is 0. The minimum absolute atomic E-state index is 0.141. The third kappa shape index (κ3) is 5.37. The fourth-order valence-corrected chi connectivity index (χ4v) is 6.26. The van der Waals surface area contributed by atoms with Crippen LogP contribution in [0.5, 0.6) is 5.75 Å². The lowest BCUT2D eigenvalue weighted by molar-refractivity contribution is 0.0735. The number of anilines is 2. The molecule has 1 amide bonds. The van der Waals surface area contributed by atoms with Crippen LogP contribution in [0.25, 0.3) is 0 Å². The van der Waals surface area contributed by atoms with E-state index in [0.29, 0.717) is 19.6 Å². The highest BCUT2D eigenvalue weighted by atomic mass is 16.5. The summed E-state index contributed by atoms with van der Waals surface area (Å²) < 4.78 is 7.88. The Morgan fingerprint density at radius 3 is 2.13 bits per heavy atom. The van der Waals surface area contributed by atoms with Gasteiger partial charge in [0.25, 0.3) is 5.91 Å². The van der Waals surface area contributed by atoms with Crippen molar-refractivity contribution in [2.75, 3.05) is 75.8 Å². The van der Waals surface area contributed by atoms with Crippen LogP contribution in [0.1, 0.15) is 39.8 Å². The number of amides is 1. The van der Waals surface area contributed by atoms with Gasteiger partial charge in [0.05, 0.1) is 18.5 Å². The highest BCUT2D eigenvalue weighted by Gasteiger charge is 2.32. The molecule has 0 saturated carbocycles. The van der Waals surface area contributed by atoms with Gasteiger partial charge in [0.2, 0.25) is 0 Å². The summed E-state index contributed by atoms with van der Waals surface area (Å²) in [6.45, 7) is 17.6. The lowest BCUT2D eigenvalue weighted by Gasteiger charge is -2.37. The van der Waals surface area contributed by atoms with Gasteiger partial charge >= 0.3 is 0 Å². The van der Waals surface area contributed by atoms with Crippen molar-refractivity contribution in [2.45, 2.75) is 34.2 Å². The normalized spacial score (nSPS) is 16.6. The highest BCUT2D eigenvalue weighted by molar-refractivity contribution is 5.97. The summed E-state index contributed by atoms with van der Waals surface area (Å²) >= 11 is 0. The van der Waals surface area contributed by atoms with Gasteiger partial charge in [-0.3, -0.25) is 4.79 Å². The zero-order valence-electron chi connectivity index (χ0n) is 24.2. The van der Waals surface area contributed by atoms with Gasteiger partial charge in [0, 0.05) is 70.2 Å². The molecule has 7 nitrogen and oxygen atoms in total. The molecule has 3 heterocycles. The number of nitrogens with zero attached hydrogens (tertiary/aromatic N) is 5. The van der Waals surface area contributed by atoms with Crippen LogP contribution in [0.2, 0.25) is 0 Å². The predicted molar refractivity (Wildman–Crippen MR) is 160 cm³/mol. The van der Waals surface area contributed by atoms with E-state index in [1.165, 1.54) is 22.5 Å². The quantitative estimate of drug-likeness (QED) is 0.449. The van der Waals surface area contributed by atoms with Crippen molar-refractivity contribution in [3.8, 4) is 5.75 Å². The first-order chi connectivity index (χ1) is 18.9. The van der Waals surface area contributed by atoms with Crippen LogP contribution in [-0.2, 0) is 6.54 Å². The summed E-state index contributed by atoms with van der Waals surface area (Å²) in [7, 11) is 1.71. The molecule has 2 saturated heterocycles. The topological polar surface area (TPSA) is 44.2 Å². The van der Waals surface area contributed by atoms with E-state index in [0.717, 1.165) is 68.5 Å². The number of aryl methyl sites for hydroxylation is 1. The van der Waals surface area contributed by atoms with E-state index in [1.54, 1.807) is 7.11 Å². The second-order valence-electron chi connectivity index (χ2n) is 10.8. The monoisotopic (exact) mass is 529 g/mol. The maximum Gasteiger partial charge on any atom is 0.270 e. The van der Waals surface area contributed by atoms with E-state index >= 15 is 0 Å². The van der Waals surface area contributed by atoms with Crippen molar-refractivity contribution in [3.05, 3.63) is 76.6 Å². The third-order valence-electron chi connectivity index (χ3n) is 8.65. The number of hydrogen-bond donors (Lipinski definition) is 0. The predicted octanol–water partition coefficient (Wildman–Crippen LogP) is 4.57. The first-order valence-electron chi connectivity index (χ1n) is 14.3. The first kappa shape index (κ1) is 27.1. The summed E-state index contributed by atoms with van der Waals surface area (Å²) in [4.78, 5) is 23.6. The Morgan fingerprint density at radius 2 is 1.46 bits per heavy atom. The van der Waals surface area contributed by atoms with E-state index in [2.05, 4.69) is 77.3 Å². The zero-order chi connectivity index (χ0) is 27.5. The molecule has 0 radical (unpaired) electrons. The molecule has 0 spiro atoms. The van der Waals surface area contributed by atoms with Gasteiger partial charge in [-0.1, -0.05) is 43.3 Å². The van der Waals surface area contributed by atoms with Crippen molar-refractivity contribution in [1.29, 1.82) is 0 Å². The summed E-state index contributed by atoms with van der Waals surface area (Å²) in [5.41, 5.74) is 8.00. The minimum Gasteiger partial charge on any atom is -0.495 e. The molecule has 0 aliphatic carbocycles. The molecule has 1 aromatic heterocycles. The Labute approximate surface area is 233 Å². The number of rotatable bonds is 7. The van der Waals surface area contributed by atoms with Gasteiger partial charge < -0.3 is 28.9 Å². The van der Waals surface area contributed by atoms with E-state index in [-0.39, 0.29) is 5.91 Å². The zero-order valence-corrected chi connectivity index (χ0v) is 24.2. The number of benzene rings is 2. The maximum absolute atomic E-state index is 14.3. The molecule has 0 bridgehead atoms. The van der Waals surface area contributed by atoms with Crippen molar-refractivity contribution in [1.82, 2.24) is 14.4 Å². The van der Waals surface area contributed by atoms with Crippen LogP contribution < -0.4 is 14.5 Å². The number of para-hydroxylation sites is 2. The number of ether oxygens (including phenoxy) is 1. The van der Waals surface area contributed by atoms with Crippen LogP contribution in [0, 0.1) is 20.8 Å². The van der Waals surface area contributed by atoms with Crippen molar-refractivity contribution >= 4 is 17.3 Å². The molecule has 2 aromatic carbocycles. The van der Waals surface area contributed by atoms with Crippen LogP contribution in [-0.4, -0.2) is 86.3 Å². The number of hydrogen-bond acceptors (Lipinski definition) is 5. The molecule has 7 heteroatoms. The lowest BCUT2D eigenvalue weighted by Crippen LogP contribution is -2.49. The van der Waals surface area contributed by atoms with E-state index < -0.39 is 0 Å². The first-order valence-corrected chi connectivity index (χ1v) is 14.3. The van der Waals surface area contributed by atoms with Crippen LogP contribution in [0.3, 0.4) is 0 Å². The number of methoxy groups -OCH3 is 1. The molecule has 39 heavy (non-hydrogen) atoms. The molecule has 2 aliphatic heterocycles. The van der Waals surface area contributed by atoms with Crippen LogP contribution in [0.15, 0.2) is 48.5 Å². The Balaban J connectivity index is 1.44. The van der Waals surface area contributed by atoms with Gasteiger partial charge in [-0.2, -0.15) is 0 Å². The largest absolute Gasteiger partial charge is 0.495 e. The van der Waals surface area contributed by atoms with Gasteiger partial charge in [0.1, 0.15) is 11.4 Å². The average Bonchev–Trinajstić information content (AvgIpc) is 3.22. The molecule has 0 unspecified atom stereocenters. The van der Waals surface area contributed by atoms with Gasteiger partial charge in [-0.15, -0.1) is 0 Å². The second-order valence-corrected chi connectivity index (χ2v) is 10.8. The molecular weight excluding hydrogens is 486 g/mol. The second kappa shape index (κ2) is 11.7. The number of aromatic nitrogens is 1. The van der Waals surface area contributed by atoms with E-state index in [1.807, 2.05) is 23.1 Å². The Morgan fingerprint density at radius 1 is 0.821 bits per heavy atom. The Hall–Kier alpha value is -3.45. The molecular formula is C32H43N5O2. The number of likely N-dealkylation sites (N-methyl/N-ethyl adjacent to an activating group) is 1. The summed E-state index contributed by atoms with van der Waals surface area (Å²) in [5.74, 6) is 1.02. The van der Waals surface area contributed by atoms with E-state index in [9.17, 15) is 4.79 Å². The van der Waals surface area contributed by atoms with Gasteiger partial charge in [-0.25, -0.2) is 0 Å². The average molecular weight is 530 g/mol. The van der Waals surface area contributed by atoms with Gasteiger partial charge in [0.15, 0.2) is 0 Å². The van der Waals surface area contributed by atoms with E-state index in [4.69, 9.17) is 4.74 Å². The molecule has 2 fully saturated rings. The Kier molecular flexibility index (Phi) is 8.17. The number of carbonyl (C=O) groups excluding carboxylic acids is 1. The Bertz CT molecular complexity index is 1300. The molecule has 2 aliphatic rings. The molecule has 3 aromatic rings. The summed E-state index contributed by atoms with van der Waals surface area (Å²) in [5, 5.41) is 0. The van der Waals surface area contributed by atoms with Crippen molar-refractivity contribution in [2.24, 2.45) is 0 Å². The number of carbonyl (C=O) groups is 1. The molecule has 5 rings (SSSR count). The van der Waals surface area contributed by atoms with Crippen molar-refractivity contribution in [3.63, 3.8) is 0 Å². The molecule has 0 atom stereocenters. The maximum atomic E-state index is 14.3. The van der Waals surface area contributed by atoms with Crippen LogP contribution >= 0.6 is 0 Å². The highest BCUT2D eigenvalue weighted by Crippen LogP contribution is 2.34. The fourth-order valence-electron chi connectivity index (χ4n) is 6.26. The third-order valence-corrected chi connectivity index (χ3v) is 8.65. The molecule has 0 N–H and O–H groups in total. The number of piperazine rings is 2. The minimum atomic E-state index is 0.141.